The predicted molar refractivity (Wildman–Crippen MR) is 69.8 cm³/mol. The lowest BCUT2D eigenvalue weighted by Crippen LogP contribution is -2.49. The number of rotatable bonds is 3. The molecule has 0 saturated carbocycles. The highest BCUT2D eigenvalue weighted by atomic mass is 32.1. The van der Waals surface area contributed by atoms with Gasteiger partial charge in [0.15, 0.2) is 0 Å². The van der Waals surface area contributed by atoms with Crippen LogP contribution in [0.2, 0.25) is 0 Å². The summed E-state index contributed by atoms with van der Waals surface area (Å²) >= 11 is 1.82. The lowest BCUT2D eigenvalue weighted by Gasteiger charge is -2.39. The monoisotopic (exact) mass is 239 g/mol. The zero-order valence-electron chi connectivity index (χ0n) is 10.1. The van der Waals surface area contributed by atoms with Gasteiger partial charge in [-0.1, -0.05) is 6.07 Å². The minimum Gasteiger partial charge on any atom is -0.326 e. The van der Waals surface area contributed by atoms with Gasteiger partial charge >= 0.3 is 0 Å². The molecule has 2 unspecified atom stereocenters. The highest BCUT2D eigenvalue weighted by Gasteiger charge is 2.27. The molecule has 1 aliphatic rings. The standard InChI is InChI=1S/C12H21N3S/c1-10(13)12(11-4-3-9-16-11)15-7-5-14(2)6-8-15/h3-4,9-10,12H,5-8,13H2,1-2H3. The van der Waals surface area contributed by atoms with Crippen molar-refractivity contribution in [2.24, 2.45) is 5.73 Å². The number of thiophene rings is 1. The molecule has 1 fully saturated rings. The first kappa shape index (κ1) is 12.0. The summed E-state index contributed by atoms with van der Waals surface area (Å²) in [6.07, 6.45) is 0. The summed E-state index contributed by atoms with van der Waals surface area (Å²) in [5.41, 5.74) is 6.14. The minimum atomic E-state index is 0.196. The normalized spacial score (nSPS) is 23.2. The van der Waals surface area contributed by atoms with Gasteiger partial charge in [0.05, 0.1) is 6.04 Å². The molecule has 2 N–H and O–H groups in total. The van der Waals surface area contributed by atoms with E-state index in [-0.39, 0.29) is 6.04 Å². The topological polar surface area (TPSA) is 32.5 Å². The first-order chi connectivity index (χ1) is 7.68. The number of piperazine rings is 1. The summed E-state index contributed by atoms with van der Waals surface area (Å²) in [4.78, 5) is 6.30. The van der Waals surface area contributed by atoms with Crippen LogP contribution in [0.1, 0.15) is 17.8 Å². The minimum absolute atomic E-state index is 0.196. The van der Waals surface area contributed by atoms with Gasteiger partial charge in [-0.2, -0.15) is 0 Å². The first-order valence-electron chi connectivity index (χ1n) is 5.90. The molecule has 0 spiro atoms. The van der Waals surface area contributed by atoms with Crippen LogP contribution >= 0.6 is 11.3 Å². The van der Waals surface area contributed by atoms with Crippen molar-refractivity contribution in [3.8, 4) is 0 Å². The van der Waals surface area contributed by atoms with Gasteiger partial charge in [-0.05, 0) is 25.4 Å². The molecule has 3 nitrogen and oxygen atoms in total. The van der Waals surface area contributed by atoms with Gasteiger partial charge in [-0.25, -0.2) is 0 Å². The SMILES string of the molecule is CC(N)C(c1cccs1)N1CCN(C)CC1. The van der Waals surface area contributed by atoms with Crippen molar-refractivity contribution < 1.29 is 0 Å². The lowest BCUT2D eigenvalue weighted by molar-refractivity contribution is 0.102. The molecule has 16 heavy (non-hydrogen) atoms. The van der Waals surface area contributed by atoms with Crippen LogP contribution in [0, 0.1) is 0 Å². The van der Waals surface area contributed by atoms with Crippen molar-refractivity contribution in [2.75, 3.05) is 33.2 Å². The Bertz CT molecular complexity index is 302. The van der Waals surface area contributed by atoms with Crippen molar-refractivity contribution in [3.05, 3.63) is 22.4 Å². The molecule has 90 valence electrons. The Hall–Kier alpha value is -0.420. The van der Waals surface area contributed by atoms with Gasteiger partial charge in [0.25, 0.3) is 0 Å². The van der Waals surface area contributed by atoms with E-state index < -0.39 is 0 Å². The van der Waals surface area contributed by atoms with E-state index in [0.29, 0.717) is 6.04 Å². The van der Waals surface area contributed by atoms with Gasteiger partial charge in [0.2, 0.25) is 0 Å². The maximum atomic E-state index is 6.14. The van der Waals surface area contributed by atoms with Crippen LogP contribution in [0.5, 0.6) is 0 Å². The molecule has 0 radical (unpaired) electrons. The Morgan fingerprint density at radius 3 is 2.50 bits per heavy atom. The number of nitrogens with two attached hydrogens (primary N) is 1. The second kappa shape index (κ2) is 5.27. The van der Waals surface area contributed by atoms with E-state index >= 15 is 0 Å². The third-order valence-corrected chi connectivity index (χ3v) is 4.21. The maximum Gasteiger partial charge on any atom is 0.0591 e. The van der Waals surface area contributed by atoms with Crippen LogP contribution < -0.4 is 5.73 Å². The summed E-state index contributed by atoms with van der Waals surface area (Å²) in [6, 6.07) is 4.92. The summed E-state index contributed by atoms with van der Waals surface area (Å²) in [7, 11) is 2.18. The molecule has 0 aliphatic carbocycles. The Labute approximate surface area is 102 Å². The quantitative estimate of drug-likeness (QED) is 0.865. The van der Waals surface area contributed by atoms with Gasteiger partial charge < -0.3 is 10.6 Å². The second-order valence-corrected chi connectivity index (χ2v) is 5.64. The summed E-state index contributed by atoms with van der Waals surface area (Å²) < 4.78 is 0. The van der Waals surface area contributed by atoms with E-state index in [1.807, 2.05) is 11.3 Å². The van der Waals surface area contributed by atoms with Crippen molar-refractivity contribution in [2.45, 2.75) is 19.0 Å². The van der Waals surface area contributed by atoms with E-state index in [0.717, 1.165) is 26.2 Å². The van der Waals surface area contributed by atoms with E-state index in [1.54, 1.807) is 0 Å². The van der Waals surface area contributed by atoms with E-state index in [4.69, 9.17) is 5.73 Å². The third kappa shape index (κ3) is 2.63. The zero-order valence-corrected chi connectivity index (χ0v) is 10.9. The smallest absolute Gasteiger partial charge is 0.0591 e. The van der Waals surface area contributed by atoms with Gasteiger partial charge in [-0.15, -0.1) is 11.3 Å². The average Bonchev–Trinajstić information content (AvgIpc) is 2.74. The molecule has 4 heteroatoms. The predicted octanol–water partition coefficient (Wildman–Crippen LogP) is 1.38. The molecule has 2 rings (SSSR count). The Balaban J connectivity index is 2.08. The maximum absolute atomic E-state index is 6.14. The summed E-state index contributed by atoms with van der Waals surface area (Å²) in [5.74, 6) is 0. The van der Waals surface area contributed by atoms with Crippen LogP contribution in [0.4, 0.5) is 0 Å². The van der Waals surface area contributed by atoms with Crippen LogP contribution in [0.3, 0.4) is 0 Å². The Morgan fingerprint density at radius 1 is 1.31 bits per heavy atom. The van der Waals surface area contributed by atoms with Crippen molar-refractivity contribution in [3.63, 3.8) is 0 Å². The van der Waals surface area contributed by atoms with Gasteiger partial charge in [0, 0.05) is 37.1 Å². The van der Waals surface area contributed by atoms with Crippen LogP contribution in [0.15, 0.2) is 17.5 Å². The molecule has 1 aromatic rings. The number of likely N-dealkylation sites (N-methyl/N-ethyl adjacent to an activating group) is 1. The number of hydrogen-bond donors (Lipinski definition) is 1. The first-order valence-corrected chi connectivity index (χ1v) is 6.78. The molecular weight excluding hydrogens is 218 g/mol. The van der Waals surface area contributed by atoms with Gasteiger partial charge in [0.1, 0.15) is 0 Å². The molecule has 1 aliphatic heterocycles. The fourth-order valence-corrected chi connectivity index (χ4v) is 3.31. The molecule has 0 amide bonds. The highest BCUT2D eigenvalue weighted by Crippen LogP contribution is 2.28. The third-order valence-electron chi connectivity index (χ3n) is 3.26. The van der Waals surface area contributed by atoms with Crippen LogP contribution in [-0.2, 0) is 0 Å². The Morgan fingerprint density at radius 2 is 2.00 bits per heavy atom. The molecule has 1 saturated heterocycles. The van der Waals surface area contributed by atoms with E-state index in [9.17, 15) is 0 Å². The molecule has 2 heterocycles. The summed E-state index contributed by atoms with van der Waals surface area (Å²) in [6.45, 7) is 6.66. The number of hydrogen-bond acceptors (Lipinski definition) is 4. The molecule has 0 bridgehead atoms. The van der Waals surface area contributed by atoms with Crippen molar-refractivity contribution in [1.82, 2.24) is 9.80 Å². The fraction of sp³-hybridized carbons (Fsp3) is 0.667. The van der Waals surface area contributed by atoms with Crippen LogP contribution in [-0.4, -0.2) is 49.1 Å². The molecular formula is C12H21N3S. The van der Waals surface area contributed by atoms with E-state index in [2.05, 4.69) is 41.3 Å². The molecule has 2 atom stereocenters. The summed E-state index contributed by atoms with van der Waals surface area (Å²) in [5, 5.41) is 2.14. The van der Waals surface area contributed by atoms with Crippen molar-refractivity contribution >= 4 is 11.3 Å². The lowest BCUT2D eigenvalue weighted by atomic mass is 10.1. The average molecular weight is 239 g/mol. The van der Waals surface area contributed by atoms with E-state index in [1.165, 1.54) is 4.88 Å². The zero-order chi connectivity index (χ0) is 11.5. The second-order valence-electron chi connectivity index (χ2n) is 4.66. The van der Waals surface area contributed by atoms with Crippen LogP contribution in [0.25, 0.3) is 0 Å². The molecule has 0 aromatic carbocycles. The fourth-order valence-electron chi connectivity index (χ4n) is 2.33. The highest BCUT2D eigenvalue weighted by molar-refractivity contribution is 7.10. The molecule has 1 aromatic heterocycles. The van der Waals surface area contributed by atoms with Gasteiger partial charge in [-0.3, -0.25) is 4.90 Å². The number of nitrogens with zero attached hydrogens (tertiary/aromatic N) is 2. The van der Waals surface area contributed by atoms with Crippen molar-refractivity contribution in [1.29, 1.82) is 0 Å². The largest absolute Gasteiger partial charge is 0.326 e. The Kier molecular flexibility index (Phi) is 3.97.